The van der Waals surface area contributed by atoms with E-state index in [-0.39, 0.29) is 0 Å². The lowest BCUT2D eigenvalue weighted by molar-refractivity contribution is 0.312. The largest absolute Gasteiger partial charge is 0.193 e. The first-order valence-electron chi connectivity index (χ1n) is 7.97. The second kappa shape index (κ2) is 7.90. The van der Waals surface area contributed by atoms with Crippen molar-refractivity contribution in [2.24, 2.45) is 5.92 Å². The molecule has 0 bridgehead atoms. The number of rotatable bonds is 5. The summed E-state index contributed by atoms with van der Waals surface area (Å²) in [5.74, 6) is 1.64. The second-order valence-electron chi connectivity index (χ2n) is 5.92. The SMILES string of the molecule is CCc1ccc(C2CCC(CC/C=C/C#N)CC2)cc1. The van der Waals surface area contributed by atoms with Crippen molar-refractivity contribution in [3.63, 3.8) is 0 Å². The van der Waals surface area contributed by atoms with E-state index in [0.717, 1.165) is 24.7 Å². The first-order valence-corrected chi connectivity index (χ1v) is 7.97. The minimum absolute atomic E-state index is 0.770. The van der Waals surface area contributed by atoms with Crippen LogP contribution in [-0.2, 0) is 6.42 Å². The van der Waals surface area contributed by atoms with Crippen molar-refractivity contribution in [2.45, 2.75) is 57.8 Å². The van der Waals surface area contributed by atoms with Gasteiger partial charge in [0.1, 0.15) is 0 Å². The van der Waals surface area contributed by atoms with E-state index in [0.29, 0.717) is 0 Å². The zero-order valence-corrected chi connectivity index (χ0v) is 12.5. The van der Waals surface area contributed by atoms with Crippen LogP contribution in [0.15, 0.2) is 36.4 Å². The van der Waals surface area contributed by atoms with Crippen LogP contribution in [0.5, 0.6) is 0 Å². The first-order chi connectivity index (χ1) is 9.83. The Balaban J connectivity index is 1.78. The fraction of sp³-hybridized carbons (Fsp3) is 0.526. The van der Waals surface area contributed by atoms with E-state index in [1.165, 1.54) is 43.2 Å². The Morgan fingerprint density at radius 1 is 1.15 bits per heavy atom. The van der Waals surface area contributed by atoms with Crippen molar-refractivity contribution in [2.75, 3.05) is 0 Å². The number of nitriles is 1. The minimum atomic E-state index is 0.770. The molecule has 0 aromatic heterocycles. The fourth-order valence-corrected chi connectivity index (χ4v) is 3.28. The average molecular weight is 267 g/mol. The van der Waals surface area contributed by atoms with Gasteiger partial charge in [-0.3, -0.25) is 0 Å². The highest BCUT2D eigenvalue weighted by atomic mass is 14.3. The predicted molar refractivity (Wildman–Crippen MR) is 84.5 cm³/mol. The zero-order valence-electron chi connectivity index (χ0n) is 12.5. The van der Waals surface area contributed by atoms with Gasteiger partial charge in [-0.25, -0.2) is 0 Å². The van der Waals surface area contributed by atoms with Crippen LogP contribution in [0.25, 0.3) is 0 Å². The van der Waals surface area contributed by atoms with Gasteiger partial charge in [0.25, 0.3) is 0 Å². The highest BCUT2D eigenvalue weighted by Gasteiger charge is 2.21. The molecular weight excluding hydrogens is 242 g/mol. The Bertz CT molecular complexity index is 456. The molecule has 0 unspecified atom stereocenters. The Hall–Kier alpha value is -1.55. The third-order valence-electron chi connectivity index (χ3n) is 4.64. The van der Waals surface area contributed by atoms with E-state index in [1.807, 2.05) is 6.08 Å². The number of allylic oxidation sites excluding steroid dienone is 2. The average Bonchev–Trinajstić information content (AvgIpc) is 2.52. The molecule has 0 amide bonds. The summed E-state index contributed by atoms with van der Waals surface area (Å²) in [6.07, 6.45) is 12.4. The lowest BCUT2D eigenvalue weighted by atomic mass is 9.77. The van der Waals surface area contributed by atoms with E-state index >= 15 is 0 Å². The van der Waals surface area contributed by atoms with Gasteiger partial charge in [-0.05, 0) is 67.9 Å². The second-order valence-corrected chi connectivity index (χ2v) is 5.92. The van der Waals surface area contributed by atoms with E-state index in [2.05, 4.69) is 37.3 Å². The number of hydrogen-bond acceptors (Lipinski definition) is 1. The molecule has 1 aromatic rings. The van der Waals surface area contributed by atoms with Crippen molar-refractivity contribution >= 4 is 0 Å². The number of benzene rings is 1. The van der Waals surface area contributed by atoms with Crippen molar-refractivity contribution in [3.8, 4) is 6.07 Å². The van der Waals surface area contributed by atoms with Crippen LogP contribution >= 0.6 is 0 Å². The lowest BCUT2D eigenvalue weighted by Gasteiger charge is -2.28. The van der Waals surface area contributed by atoms with Crippen LogP contribution in [0.3, 0.4) is 0 Å². The van der Waals surface area contributed by atoms with Crippen LogP contribution in [-0.4, -0.2) is 0 Å². The summed E-state index contributed by atoms with van der Waals surface area (Å²) in [6.45, 7) is 2.21. The Labute approximate surface area is 123 Å². The first kappa shape index (κ1) is 14.9. The lowest BCUT2D eigenvalue weighted by Crippen LogP contribution is -2.13. The Kier molecular flexibility index (Phi) is 5.87. The van der Waals surface area contributed by atoms with Gasteiger partial charge in [0, 0.05) is 6.08 Å². The molecule has 1 saturated carbocycles. The smallest absolute Gasteiger partial charge is 0.0908 e. The summed E-state index contributed by atoms with van der Waals surface area (Å²) in [5.41, 5.74) is 2.97. The van der Waals surface area contributed by atoms with Crippen LogP contribution in [0.2, 0.25) is 0 Å². The van der Waals surface area contributed by atoms with Crippen molar-refractivity contribution in [1.82, 2.24) is 0 Å². The van der Waals surface area contributed by atoms with Crippen LogP contribution < -0.4 is 0 Å². The molecule has 0 aliphatic heterocycles. The Morgan fingerprint density at radius 3 is 2.45 bits per heavy atom. The molecule has 0 atom stereocenters. The van der Waals surface area contributed by atoms with Gasteiger partial charge < -0.3 is 0 Å². The molecule has 20 heavy (non-hydrogen) atoms. The molecule has 2 rings (SSSR count). The molecule has 0 N–H and O–H groups in total. The molecule has 1 aliphatic rings. The summed E-state index contributed by atoms with van der Waals surface area (Å²) in [6, 6.07) is 11.3. The van der Waals surface area contributed by atoms with Gasteiger partial charge in [0.15, 0.2) is 0 Å². The van der Waals surface area contributed by atoms with E-state index in [4.69, 9.17) is 5.26 Å². The normalized spacial score (nSPS) is 22.8. The third kappa shape index (κ3) is 4.23. The van der Waals surface area contributed by atoms with Gasteiger partial charge in [-0.2, -0.15) is 5.26 Å². The highest BCUT2D eigenvalue weighted by molar-refractivity contribution is 5.25. The monoisotopic (exact) mass is 267 g/mol. The van der Waals surface area contributed by atoms with Crippen LogP contribution in [0, 0.1) is 17.2 Å². The summed E-state index contributed by atoms with van der Waals surface area (Å²) < 4.78 is 0. The molecule has 0 radical (unpaired) electrons. The van der Waals surface area contributed by atoms with E-state index in [1.54, 1.807) is 6.08 Å². The molecule has 1 heteroatoms. The topological polar surface area (TPSA) is 23.8 Å². The molecule has 1 fully saturated rings. The maximum Gasteiger partial charge on any atom is 0.0908 e. The predicted octanol–water partition coefficient (Wildman–Crippen LogP) is 5.38. The molecule has 0 heterocycles. The number of hydrogen-bond donors (Lipinski definition) is 0. The summed E-state index contributed by atoms with van der Waals surface area (Å²) in [7, 11) is 0. The molecule has 0 spiro atoms. The maximum atomic E-state index is 8.46. The maximum absolute atomic E-state index is 8.46. The van der Waals surface area contributed by atoms with Crippen molar-refractivity contribution in [3.05, 3.63) is 47.5 Å². The zero-order chi connectivity index (χ0) is 14.2. The minimum Gasteiger partial charge on any atom is -0.193 e. The summed E-state index contributed by atoms with van der Waals surface area (Å²) in [4.78, 5) is 0. The van der Waals surface area contributed by atoms with Gasteiger partial charge in [0.2, 0.25) is 0 Å². The summed E-state index contributed by atoms with van der Waals surface area (Å²) in [5, 5.41) is 8.46. The molecule has 1 aliphatic carbocycles. The standard InChI is InChI=1S/C19H25N/c1-2-16-7-11-18(12-8-16)19-13-9-17(10-14-19)6-4-3-5-15-20/h3,5,7-8,11-12,17,19H,2,4,6,9-10,13-14H2,1H3/b5-3+. The third-order valence-corrected chi connectivity index (χ3v) is 4.64. The van der Waals surface area contributed by atoms with Crippen molar-refractivity contribution in [1.29, 1.82) is 5.26 Å². The number of nitrogens with zero attached hydrogens (tertiary/aromatic N) is 1. The Morgan fingerprint density at radius 2 is 1.85 bits per heavy atom. The van der Waals surface area contributed by atoms with Gasteiger partial charge in [-0.15, -0.1) is 0 Å². The van der Waals surface area contributed by atoms with E-state index < -0.39 is 0 Å². The van der Waals surface area contributed by atoms with Gasteiger partial charge >= 0.3 is 0 Å². The quantitative estimate of drug-likeness (QED) is 0.657. The summed E-state index contributed by atoms with van der Waals surface area (Å²) >= 11 is 0. The van der Waals surface area contributed by atoms with Gasteiger partial charge in [-0.1, -0.05) is 37.3 Å². The van der Waals surface area contributed by atoms with Crippen LogP contribution in [0.1, 0.15) is 62.5 Å². The molecule has 1 aromatic carbocycles. The molecule has 1 nitrogen and oxygen atoms in total. The van der Waals surface area contributed by atoms with Crippen LogP contribution in [0.4, 0.5) is 0 Å². The number of aryl methyl sites for hydroxylation is 1. The van der Waals surface area contributed by atoms with Crippen molar-refractivity contribution < 1.29 is 0 Å². The fourth-order valence-electron chi connectivity index (χ4n) is 3.28. The molecule has 0 saturated heterocycles. The molecular formula is C19H25N. The molecule has 106 valence electrons. The van der Waals surface area contributed by atoms with Gasteiger partial charge in [0.05, 0.1) is 6.07 Å². The highest BCUT2D eigenvalue weighted by Crippen LogP contribution is 2.37. The van der Waals surface area contributed by atoms with E-state index in [9.17, 15) is 0 Å².